The average molecular weight is 413 g/mol. The van der Waals surface area contributed by atoms with Gasteiger partial charge in [0.1, 0.15) is 6.61 Å². The molecule has 0 bridgehead atoms. The number of carboxylic acid groups (broad SMARTS) is 1. The van der Waals surface area contributed by atoms with Crippen LogP contribution in [0.15, 0.2) is 66.7 Å². The molecular weight excluding hydrogens is 390 g/mol. The molecule has 5 rings (SSSR count). The quantitative estimate of drug-likeness (QED) is 0.661. The van der Waals surface area contributed by atoms with Gasteiger partial charge in [0.25, 0.3) is 0 Å². The molecule has 2 aliphatic rings. The number of amides is 1. The Morgan fingerprint density at radius 3 is 2.26 bits per heavy atom. The molecule has 0 unspecified atom stereocenters. The number of carbonyl (C=O) groups is 2. The number of rotatable bonds is 3. The Labute approximate surface area is 180 Å². The van der Waals surface area contributed by atoms with E-state index < -0.39 is 18.1 Å². The minimum atomic E-state index is -1.04. The fraction of sp³-hybridized carbons (Fsp3) is 0.231. The monoisotopic (exact) mass is 413 g/mol. The molecule has 156 valence electrons. The first-order valence-electron chi connectivity index (χ1n) is 10.5. The maximum atomic E-state index is 13.0. The third-order valence-electron chi connectivity index (χ3n) is 6.33. The minimum absolute atomic E-state index is 0.0562. The van der Waals surface area contributed by atoms with E-state index in [4.69, 9.17) is 4.74 Å². The zero-order chi connectivity index (χ0) is 21.5. The van der Waals surface area contributed by atoms with Crippen molar-refractivity contribution in [3.8, 4) is 11.1 Å². The zero-order valence-electron chi connectivity index (χ0n) is 17.2. The van der Waals surface area contributed by atoms with Crippen molar-refractivity contribution in [3.05, 3.63) is 94.5 Å². The lowest BCUT2D eigenvalue weighted by Crippen LogP contribution is -2.44. The fourth-order valence-corrected chi connectivity index (χ4v) is 4.90. The van der Waals surface area contributed by atoms with Crippen LogP contribution in [0.2, 0.25) is 0 Å². The normalized spacial score (nSPS) is 16.9. The number of aliphatic carboxylic acids is 1. The fourth-order valence-electron chi connectivity index (χ4n) is 4.90. The van der Waals surface area contributed by atoms with Crippen molar-refractivity contribution in [3.63, 3.8) is 0 Å². The number of ether oxygens (including phenoxy) is 1. The van der Waals surface area contributed by atoms with Gasteiger partial charge >= 0.3 is 12.1 Å². The molecule has 0 radical (unpaired) electrons. The van der Waals surface area contributed by atoms with Gasteiger partial charge in [-0.05, 0) is 46.7 Å². The van der Waals surface area contributed by atoms with Crippen LogP contribution in [-0.2, 0) is 16.0 Å². The van der Waals surface area contributed by atoms with E-state index in [2.05, 4.69) is 24.3 Å². The second-order valence-electron chi connectivity index (χ2n) is 8.19. The maximum Gasteiger partial charge on any atom is 0.410 e. The summed E-state index contributed by atoms with van der Waals surface area (Å²) in [5.74, 6) is -1.10. The van der Waals surface area contributed by atoms with Crippen molar-refractivity contribution in [2.24, 2.45) is 0 Å². The van der Waals surface area contributed by atoms with Crippen molar-refractivity contribution < 1.29 is 19.4 Å². The van der Waals surface area contributed by atoms with Crippen LogP contribution >= 0.6 is 0 Å². The molecule has 1 atom stereocenters. The molecular formula is C26H23NO4. The Hall–Kier alpha value is -3.60. The highest BCUT2D eigenvalue weighted by molar-refractivity contribution is 5.83. The van der Waals surface area contributed by atoms with Crippen LogP contribution in [0.3, 0.4) is 0 Å². The molecule has 3 aromatic rings. The van der Waals surface area contributed by atoms with Crippen LogP contribution in [0.5, 0.6) is 0 Å². The molecule has 0 spiro atoms. The van der Waals surface area contributed by atoms with Crippen molar-refractivity contribution in [2.45, 2.75) is 25.3 Å². The molecule has 0 aromatic heterocycles. The number of hydrogen-bond acceptors (Lipinski definition) is 3. The molecule has 3 aromatic carbocycles. The van der Waals surface area contributed by atoms with Gasteiger partial charge in [0.2, 0.25) is 0 Å². The Balaban J connectivity index is 1.39. The Morgan fingerprint density at radius 2 is 1.61 bits per heavy atom. The summed E-state index contributed by atoms with van der Waals surface area (Å²) in [6, 6.07) is 21.0. The highest BCUT2D eigenvalue weighted by Gasteiger charge is 2.38. The smallest absolute Gasteiger partial charge is 0.410 e. The van der Waals surface area contributed by atoms with Crippen LogP contribution in [-0.4, -0.2) is 35.2 Å². The summed E-state index contributed by atoms with van der Waals surface area (Å²) in [5.41, 5.74) is 7.30. The second kappa shape index (κ2) is 7.58. The van der Waals surface area contributed by atoms with E-state index in [-0.39, 0.29) is 12.5 Å². The van der Waals surface area contributed by atoms with Crippen LogP contribution in [0.4, 0.5) is 4.79 Å². The predicted octanol–water partition coefficient (Wildman–Crippen LogP) is 4.93. The summed E-state index contributed by atoms with van der Waals surface area (Å²) in [4.78, 5) is 26.4. The average Bonchev–Trinajstić information content (AvgIpc) is 3.10. The molecule has 0 fully saturated rings. The SMILES string of the molecule is Cc1ccc2c(c1)CCN(C(=O)OCC1c3ccccc3-c3ccccc31)[C@@H]2C(=O)O. The minimum Gasteiger partial charge on any atom is -0.479 e. The molecule has 5 nitrogen and oxygen atoms in total. The molecule has 1 amide bonds. The molecule has 31 heavy (non-hydrogen) atoms. The Morgan fingerprint density at radius 1 is 0.968 bits per heavy atom. The summed E-state index contributed by atoms with van der Waals surface area (Å²) in [5, 5.41) is 9.86. The van der Waals surface area contributed by atoms with Gasteiger partial charge in [-0.15, -0.1) is 0 Å². The maximum absolute atomic E-state index is 13.0. The first-order valence-corrected chi connectivity index (χ1v) is 10.5. The topological polar surface area (TPSA) is 66.8 Å². The van der Waals surface area contributed by atoms with Gasteiger partial charge < -0.3 is 9.84 Å². The number of fused-ring (bicyclic) bond motifs is 4. The standard InChI is InChI=1S/C26H23NO4/c1-16-10-11-18-17(14-16)12-13-27(24(18)25(28)29)26(30)31-15-23-21-8-4-2-6-19(21)20-7-3-5-9-22(20)23/h2-11,14,23-24H,12-13,15H2,1H3,(H,28,29)/t24-/m0/s1. The molecule has 1 N–H and O–H groups in total. The van der Waals surface area contributed by atoms with Crippen LogP contribution in [0.1, 0.15) is 39.8 Å². The first kappa shape index (κ1) is 19.4. The summed E-state index contributed by atoms with van der Waals surface area (Å²) in [7, 11) is 0. The largest absolute Gasteiger partial charge is 0.479 e. The van der Waals surface area contributed by atoms with Gasteiger partial charge in [0.15, 0.2) is 6.04 Å². The Bertz CT molecular complexity index is 1140. The second-order valence-corrected chi connectivity index (χ2v) is 8.19. The van der Waals surface area contributed by atoms with Crippen molar-refractivity contribution in [1.82, 2.24) is 4.90 Å². The highest BCUT2D eigenvalue weighted by Crippen LogP contribution is 2.44. The zero-order valence-corrected chi connectivity index (χ0v) is 17.2. The van der Waals surface area contributed by atoms with Gasteiger partial charge in [-0.2, -0.15) is 0 Å². The summed E-state index contributed by atoms with van der Waals surface area (Å²) in [6.45, 7) is 2.48. The predicted molar refractivity (Wildman–Crippen MR) is 117 cm³/mol. The van der Waals surface area contributed by atoms with Gasteiger partial charge in [0.05, 0.1) is 0 Å². The molecule has 5 heteroatoms. The third kappa shape index (κ3) is 3.26. The number of carboxylic acids is 1. The van der Waals surface area contributed by atoms with Gasteiger partial charge in [-0.3, -0.25) is 4.90 Å². The van der Waals surface area contributed by atoms with Gasteiger partial charge in [0, 0.05) is 12.5 Å². The van der Waals surface area contributed by atoms with Crippen LogP contribution in [0.25, 0.3) is 11.1 Å². The van der Waals surface area contributed by atoms with E-state index in [1.807, 2.05) is 49.4 Å². The van der Waals surface area contributed by atoms with Crippen molar-refractivity contribution >= 4 is 12.1 Å². The molecule has 1 aliphatic heterocycles. The van der Waals surface area contributed by atoms with Gasteiger partial charge in [-0.1, -0.05) is 72.3 Å². The third-order valence-corrected chi connectivity index (χ3v) is 6.33. The first-order chi connectivity index (χ1) is 15.0. The number of nitrogens with zero attached hydrogens (tertiary/aromatic N) is 1. The van der Waals surface area contributed by atoms with Gasteiger partial charge in [-0.25, -0.2) is 9.59 Å². The van der Waals surface area contributed by atoms with E-state index in [0.29, 0.717) is 18.5 Å². The lowest BCUT2D eigenvalue weighted by atomic mass is 9.91. The van der Waals surface area contributed by atoms with E-state index in [1.54, 1.807) is 0 Å². The van der Waals surface area contributed by atoms with E-state index in [1.165, 1.54) is 4.90 Å². The van der Waals surface area contributed by atoms with E-state index >= 15 is 0 Å². The van der Waals surface area contributed by atoms with Crippen molar-refractivity contribution in [2.75, 3.05) is 13.2 Å². The molecule has 0 saturated carbocycles. The van der Waals surface area contributed by atoms with Crippen LogP contribution in [0, 0.1) is 6.92 Å². The number of carbonyl (C=O) groups excluding carboxylic acids is 1. The molecule has 0 saturated heterocycles. The number of benzene rings is 3. The lowest BCUT2D eigenvalue weighted by Gasteiger charge is -2.34. The summed E-state index contributed by atoms with van der Waals surface area (Å²) < 4.78 is 5.72. The molecule has 1 aliphatic carbocycles. The van der Waals surface area contributed by atoms with Crippen LogP contribution < -0.4 is 0 Å². The number of hydrogen-bond donors (Lipinski definition) is 1. The molecule has 1 heterocycles. The van der Waals surface area contributed by atoms with E-state index in [0.717, 1.165) is 33.4 Å². The number of aryl methyl sites for hydroxylation is 1. The summed E-state index contributed by atoms with van der Waals surface area (Å²) >= 11 is 0. The lowest BCUT2D eigenvalue weighted by molar-refractivity contribution is -0.143. The van der Waals surface area contributed by atoms with Crippen molar-refractivity contribution in [1.29, 1.82) is 0 Å². The highest BCUT2D eigenvalue weighted by atomic mass is 16.6. The Kier molecular flexibility index (Phi) is 4.74. The van der Waals surface area contributed by atoms with E-state index in [9.17, 15) is 14.7 Å². The summed E-state index contributed by atoms with van der Waals surface area (Å²) in [6.07, 6.45) is 0.0332.